The van der Waals surface area contributed by atoms with Crippen molar-refractivity contribution in [2.24, 2.45) is 0 Å². The maximum atomic E-state index is 12.4. The van der Waals surface area contributed by atoms with Crippen LogP contribution in [0, 0.1) is 0 Å². The van der Waals surface area contributed by atoms with E-state index in [0.29, 0.717) is 6.54 Å². The zero-order chi connectivity index (χ0) is 14.9. The molecule has 1 N–H and O–H groups in total. The SMILES string of the molecule is CCCCC(O)c1ccc2c(c1)C(C)(C)C(=O)N2CC. The summed E-state index contributed by atoms with van der Waals surface area (Å²) in [6.45, 7) is 8.73. The molecule has 1 heterocycles. The van der Waals surface area contributed by atoms with Gasteiger partial charge in [0, 0.05) is 12.2 Å². The zero-order valence-corrected chi connectivity index (χ0v) is 12.9. The van der Waals surface area contributed by atoms with E-state index in [1.807, 2.05) is 43.9 Å². The Balaban J connectivity index is 2.37. The first-order valence-corrected chi connectivity index (χ1v) is 7.57. The van der Waals surface area contributed by atoms with Gasteiger partial charge in [-0.2, -0.15) is 0 Å². The molecule has 1 aliphatic rings. The fourth-order valence-electron chi connectivity index (χ4n) is 2.94. The van der Waals surface area contributed by atoms with Gasteiger partial charge in [-0.15, -0.1) is 0 Å². The number of nitrogens with zero attached hydrogens (tertiary/aromatic N) is 1. The first kappa shape index (κ1) is 15.0. The normalized spacial score (nSPS) is 18.2. The van der Waals surface area contributed by atoms with Crippen molar-refractivity contribution in [1.82, 2.24) is 0 Å². The highest BCUT2D eigenvalue weighted by molar-refractivity contribution is 6.07. The molecular formula is C17H25NO2. The van der Waals surface area contributed by atoms with Crippen molar-refractivity contribution in [1.29, 1.82) is 0 Å². The van der Waals surface area contributed by atoms with Gasteiger partial charge in [-0.1, -0.05) is 31.9 Å². The molecule has 0 saturated heterocycles. The highest BCUT2D eigenvalue weighted by Gasteiger charge is 2.43. The van der Waals surface area contributed by atoms with E-state index < -0.39 is 11.5 Å². The van der Waals surface area contributed by atoms with Gasteiger partial charge in [0.15, 0.2) is 0 Å². The van der Waals surface area contributed by atoms with Crippen molar-refractivity contribution >= 4 is 11.6 Å². The van der Waals surface area contributed by atoms with Crippen LogP contribution in [0.3, 0.4) is 0 Å². The highest BCUT2D eigenvalue weighted by Crippen LogP contribution is 2.42. The average molecular weight is 275 g/mol. The van der Waals surface area contributed by atoms with Crippen LogP contribution in [-0.2, 0) is 10.2 Å². The maximum absolute atomic E-state index is 12.4. The number of hydrogen-bond donors (Lipinski definition) is 1. The summed E-state index contributed by atoms with van der Waals surface area (Å²) in [5.41, 5.74) is 2.47. The number of amides is 1. The summed E-state index contributed by atoms with van der Waals surface area (Å²) in [6, 6.07) is 5.95. The minimum atomic E-state index is -0.494. The molecule has 1 unspecified atom stereocenters. The van der Waals surface area contributed by atoms with E-state index >= 15 is 0 Å². The molecular weight excluding hydrogens is 250 g/mol. The van der Waals surface area contributed by atoms with Gasteiger partial charge in [0.1, 0.15) is 0 Å². The van der Waals surface area contributed by atoms with E-state index in [-0.39, 0.29) is 5.91 Å². The molecule has 0 saturated carbocycles. The van der Waals surface area contributed by atoms with Crippen molar-refractivity contribution in [3.63, 3.8) is 0 Å². The molecule has 110 valence electrons. The minimum Gasteiger partial charge on any atom is -0.388 e. The predicted molar refractivity (Wildman–Crippen MR) is 82.0 cm³/mol. The number of fused-ring (bicyclic) bond motifs is 1. The van der Waals surface area contributed by atoms with Crippen LogP contribution in [0.25, 0.3) is 0 Å². The van der Waals surface area contributed by atoms with Gasteiger partial charge in [-0.25, -0.2) is 0 Å². The van der Waals surface area contributed by atoms with Gasteiger partial charge in [-0.05, 0) is 44.4 Å². The number of anilines is 1. The zero-order valence-electron chi connectivity index (χ0n) is 12.9. The molecule has 20 heavy (non-hydrogen) atoms. The number of carbonyl (C=O) groups excluding carboxylic acids is 1. The molecule has 1 aliphatic heterocycles. The number of aliphatic hydroxyl groups excluding tert-OH is 1. The molecule has 2 rings (SSSR count). The van der Waals surface area contributed by atoms with E-state index in [0.717, 1.165) is 36.1 Å². The Labute approximate surface area is 121 Å². The topological polar surface area (TPSA) is 40.5 Å². The van der Waals surface area contributed by atoms with Crippen LogP contribution in [0.15, 0.2) is 18.2 Å². The summed E-state index contributed by atoms with van der Waals surface area (Å²) in [5, 5.41) is 10.2. The summed E-state index contributed by atoms with van der Waals surface area (Å²) >= 11 is 0. The smallest absolute Gasteiger partial charge is 0.237 e. The summed E-state index contributed by atoms with van der Waals surface area (Å²) in [4.78, 5) is 14.3. The lowest BCUT2D eigenvalue weighted by molar-refractivity contribution is -0.122. The van der Waals surface area contributed by atoms with Crippen molar-refractivity contribution in [3.05, 3.63) is 29.3 Å². The van der Waals surface area contributed by atoms with E-state index in [1.165, 1.54) is 0 Å². The number of rotatable bonds is 5. The minimum absolute atomic E-state index is 0.148. The Kier molecular flexibility index (Phi) is 4.19. The Morgan fingerprint density at radius 2 is 2.00 bits per heavy atom. The number of aliphatic hydroxyl groups is 1. The second-order valence-electron chi connectivity index (χ2n) is 6.11. The van der Waals surface area contributed by atoms with E-state index in [2.05, 4.69) is 6.92 Å². The number of unbranched alkanes of at least 4 members (excludes halogenated alkanes) is 1. The standard InChI is InChI=1S/C17H25NO2/c1-5-7-8-15(19)12-9-10-14-13(11-12)17(3,4)16(20)18(14)6-2/h9-11,15,19H,5-8H2,1-4H3. The van der Waals surface area contributed by atoms with Gasteiger partial charge in [0.2, 0.25) is 5.91 Å². The molecule has 0 spiro atoms. The summed E-state index contributed by atoms with van der Waals surface area (Å²) in [5.74, 6) is 0.148. The quantitative estimate of drug-likeness (QED) is 0.892. The number of carbonyl (C=O) groups is 1. The van der Waals surface area contributed by atoms with Crippen LogP contribution >= 0.6 is 0 Å². The van der Waals surface area contributed by atoms with Crippen molar-refractivity contribution < 1.29 is 9.90 Å². The van der Waals surface area contributed by atoms with Gasteiger partial charge < -0.3 is 10.0 Å². The molecule has 1 atom stereocenters. The molecule has 3 nitrogen and oxygen atoms in total. The van der Waals surface area contributed by atoms with Crippen LogP contribution in [0.5, 0.6) is 0 Å². The molecule has 1 aromatic carbocycles. The van der Waals surface area contributed by atoms with E-state index in [9.17, 15) is 9.90 Å². The third-order valence-electron chi connectivity index (χ3n) is 4.30. The summed E-state index contributed by atoms with van der Waals surface area (Å²) < 4.78 is 0. The van der Waals surface area contributed by atoms with Crippen LogP contribution < -0.4 is 4.90 Å². The van der Waals surface area contributed by atoms with Gasteiger partial charge in [0.25, 0.3) is 0 Å². The first-order valence-electron chi connectivity index (χ1n) is 7.57. The maximum Gasteiger partial charge on any atom is 0.237 e. The first-order chi connectivity index (χ1) is 9.43. The van der Waals surface area contributed by atoms with Crippen molar-refractivity contribution in [2.45, 2.75) is 58.5 Å². The number of benzene rings is 1. The Morgan fingerprint density at radius 1 is 1.30 bits per heavy atom. The van der Waals surface area contributed by atoms with Crippen molar-refractivity contribution in [2.75, 3.05) is 11.4 Å². The number of likely N-dealkylation sites (N-methyl/N-ethyl adjacent to an activating group) is 1. The van der Waals surface area contributed by atoms with Gasteiger partial charge >= 0.3 is 0 Å². The molecule has 0 bridgehead atoms. The van der Waals surface area contributed by atoms with Crippen LogP contribution in [0.4, 0.5) is 5.69 Å². The van der Waals surface area contributed by atoms with Crippen LogP contribution in [0.1, 0.15) is 64.2 Å². The Bertz CT molecular complexity index is 508. The highest BCUT2D eigenvalue weighted by atomic mass is 16.3. The predicted octanol–water partition coefficient (Wildman–Crippen LogP) is 3.55. The lowest BCUT2D eigenvalue weighted by Gasteiger charge is -2.18. The average Bonchev–Trinajstić information content (AvgIpc) is 2.63. The third-order valence-corrected chi connectivity index (χ3v) is 4.30. The van der Waals surface area contributed by atoms with Crippen LogP contribution in [0.2, 0.25) is 0 Å². The monoisotopic (exact) mass is 275 g/mol. The third kappa shape index (κ3) is 2.35. The fourth-order valence-corrected chi connectivity index (χ4v) is 2.94. The molecule has 0 aromatic heterocycles. The largest absolute Gasteiger partial charge is 0.388 e. The Morgan fingerprint density at radius 3 is 2.60 bits per heavy atom. The summed E-state index contributed by atoms with van der Waals surface area (Å²) in [6.07, 6.45) is 2.44. The molecule has 0 radical (unpaired) electrons. The molecule has 0 fully saturated rings. The molecule has 1 amide bonds. The van der Waals surface area contributed by atoms with E-state index in [4.69, 9.17) is 0 Å². The van der Waals surface area contributed by atoms with Crippen LogP contribution in [-0.4, -0.2) is 17.6 Å². The molecule has 1 aromatic rings. The van der Waals surface area contributed by atoms with Crippen molar-refractivity contribution in [3.8, 4) is 0 Å². The summed E-state index contributed by atoms with van der Waals surface area (Å²) in [7, 11) is 0. The molecule has 3 heteroatoms. The van der Waals surface area contributed by atoms with Gasteiger partial charge in [-0.3, -0.25) is 4.79 Å². The second-order valence-corrected chi connectivity index (χ2v) is 6.11. The Hall–Kier alpha value is -1.35. The second kappa shape index (κ2) is 5.57. The molecule has 0 aliphatic carbocycles. The van der Waals surface area contributed by atoms with E-state index in [1.54, 1.807) is 0 Å². The lowest BCUT2D eigenvalue weighted by Crippen LogP contribution is -2.35. The lowest BCUT2D eigenvalue weighted by atomic mass is 9.84. The number of hydrogen-bond acceptors (Lipinski definition) is 2. The van der Waals surface area contributed by atoms with Gasteiger partial charge in [0.05, 0.1) is 11.5 Å². The fraction of sp³-hybridized carbons (Fsp3) is 0.588.